The lowest BCUT2D eigenvalue weighted by Gasteiger charge is -2.07. The van der Waals surface area contributed by atoms with Gasteiger partial charge in [0.25, 0.3) is 10.0 Å². The zero-order valence-electron chi connectivity index (χ0n) is 14.8. The van der Waals surface area contributed by atoms with Crippen LogP contribution in [0.1, 0.15) is 16.1 Å². The number of rotatable bonds is 4. The Labute approximate surface area is 158 Å². The van der Waals surface area contributed by atoms with Crippen LogP contribution in [0.2, 0.25) is 0 Å². The number of hydrazine groups is 1. The second-order valence-electron chi connectivity index (χ2n) is 6.17. The van der Waals surface area contributed by atoms with Crippen molar-refractivity contribution in [1.29, 1.82) is 0 Å². The van der Waals surface area contributed by atoms with Crippen molar-refractivity contribution in [2.75, 3.05) is 0 Å². The molecule has 9 nitrogen and oxygen atoms in total. The summed E-state index contributed by atoms with van der Waals surface area (Å²) in [6.07, 6.45) is 0. The van der Waals surface area contributed by atoms with E-state index in [1.165, 1.54) is 29.8 Å². The Kier molecular flexibility index (Phi) is 4.09. The first-order valence-corrected chi connectivity index (χ1v) is 9.66. The Morgan fingerprint density at radius 1 is 1.07 bits per heavy atom. The zero-order valence-corrected chi connectivity index (χ0v) is 15.7. The molecule has 2 heterocycles. The summed E-state index contributed by atoms with van der Waals surface area (Å²) in [6.45, 7) is 1.71. The molecule has 2 aromatic carbocycles. The third-order valence-electron chi connectivity index (χ3n) is 4.42. The van der Waals surface area contributed by atoms with E-state index in [4.69, 9.17) is 8.83 Å². The molecule has 2 N–H and O–H groups in total. The van der Waals surface area contributed by atoms with Crippen LogP contribution in [0.4, 0.5) is 0 Å². The molecule has 144 valence electrons. The van der Waals surface area contributed by atoms with E-state index < -0.39 is 21.7 Å². The molecule has 1 amide bonds. The van der Waals surface area contributed by atoms with Gasteiger partial charge in [0.05, 0.1) is 10.4 Å². The van der Waals surface area contributed by atoms with Gasteiger partial charge in [0.15, 0.2) is 11.3 Å². The van der Waals surface area contributed by atoms with E-state index in [0.29, 0.717) is 16.7 Å². The smallest absolute Gasteiger partial charge is 0.419 e. The van der Waals surface area contributed by atoms with Gasteiger partial charge >= 0.3 is 11.7 Å². The fourth-order valence-electron chi connectivity index (χ4n) is 2.90. The van der Waals surface area contributed by atoms with Crippen molar-refractivity contribution in [2.24, 2.45) is 7.05 Å². The van der Waals surface area contributed by atoms with Gasteiger partial charge in [0, 0.05) is 24.1 Å². The minimum absolute atomic E-state index is 0.00779. The number of benzene rings is 2. The van der Waals surface area contributed by atoms with Gasteiger partial charge in [-0.1, -0.05) is 18.2 Å². The van der Waals surface area contributed by atoms with Crippen LogP contribution in [0.3, 0.4) is 0 Å². The topological polar surface area (TPSA) is 124 Å². The largest absolute Gasteiger partial charge is 0.451 e. The first-order chi connectivity index (χ1) is 13.3. The van der Waals surface area contributed by atoms with Crippen molar-refractivity contribution in [3.63, 3.8) is 0 Å². The van der Waals surface area contributed by atoms with Crippen molar-refractivity contribution in [2.45, 2.75) is 11.8 Å². The minimum Gasteiger partial charge on any atom is -0.451 e. The monoisotopic (exact) mass is 401 g/mol. The standard InChI is InChI=1S/C18H15N3O6S/c1-10-12-5-3-4-6-14(12)26-16(10)17(22)19-20-28(24,25)11-7-8-13-15(9-11)27-18(23)21(13)2/h3-9,20H,1-2H3,(H,19,22). The summed E-state index contributed by atoms with van der Waals surface area (Å²) in [5.74, 6) is -1.33. The van der Waals surface area contributed by atoms with Gasteiger partial charge in [-0.3, -0.25) is 14.8 Å². The third-order valence-corrected chi connectivity index (χ3v) is 5.67. The number of hydrogen-bond donors (Lipinski definition) is 2. The molecule has 0 saturated carbocycles. The van der Waals surface area contributed by atoms with Gasteiger partial charge in [-0.2, -0.15) is 0 Å². The first-order valence-electron chi connectivity index (χ1n) is 8.18. The molecule has 0 atom stereocenters. The van der Waals surface area contributed by atoms with E-state index in [1.807, 2.05) is 10.9 Å². The van der Waals surface area contributed by atoms with Crippen LogP contribution in [-0.4, -0.2) is 18.9 Å². The molecule has 28 heavy (non-hydrogen) atoms. The van der Waals surface area contributed by atoms with E-state index in [1.54, 1.807) is 25.1 Å². The molecule has 0 bridgehead atoms. The fourth-order valence-corrected chi connectivity index (χ4v) is 3.76. The van der Waals surface area contributed by atoms with E-state index in [2.05, 4.69) is 5.43 Å². The van der Waals surface area contributed by atoms with Crippen molar-refractivity contribution in [3.8, 4) is 0 Å². The molecule has 0 radical (unpaired) electrons. The van der Waals surface area contributed by atoms with E-state index in [9.17, 15) is 18.0 Å². The van der Waals surface area contributed by atoms with Crippen LogP contribution in [0, 0.1) is 6.92 Å². The summed E-state index contributed by atoms with van der Waals surface area (Å²) in [5, 5.41) is 0.764. The molecular formula is C18H15N3O6S. The van der Waals surface area contributed by atoms with Crippen LogP contribution >= 0.6 is 0 Å². The van der Waals surface area contributed by atoms with Gasteiger partial charge in [-0.05, 0) is 25.1 Å². The third kappa shape index (κ3) is 2.88. The molecule has 10 heteroatoms. The Hall–Kier alpha value is -3.37. The molecule has 2 aromatic heterocycles. The van der Waals surface area contributed by atoms with Crippen LogP contribution < -0.4 is 16.0 Å². The number of para-hydroxylation sites is 1. The molecule has 0 aliphatic heterocycles. The van der Waals surface area contributed by atoms with Gasteiger partial charge < -0.3 is 8.83 Å². The number of aromatic nitrogens is 1. The average Bonchev–Trinajstić information content (AvgIpc) is 3.16. The SMILES string of the molecule is Cc1c(C(=O)NNS(=O)(=O)c2ccc3c(c2)oc(=O)n3C)oc2ccccc12. The fraction of sp³-hybridized carbons (Fsp3) is 0.111. The Morgan fingerprint density at radius 3 is 2.57 bits per heavy atom. The number of oxazole rings is 1. The van der Waals surface area contributed by atoms with Crippen molar-refractivity contribution >= 4 is 38.0 Å². The number of nitrogens with one attached hydrogen (secondary N) is 2. The minimum atomic E-state index is -4.10. The number of sulfonamides is 1. The van der Waals surface area contributed by atoms with Gasteiger partial charge in [-0.15, -0.1) is 4.83 Å². The average molecular weight is 401 g/mol. The number of furan rings is 1. The predicted molar refractivity (Wildman–Crippen MR) is 100 cm³/mol. The maximum atomic E-state index is 12.5. The van der Waals surface area contributed by atoms with Gasteiger partial charge in [0.1, 0.15) is 5.58 Å². The first kappa shape index (κ1) is 18.0. The Morgan fingerprint density at radius 2 is 1.82 bits per heavy atom. The van der Waals surface area contributed by atoms with Crippen LogP contribution in [0.25, 0.3) is 22.1 Å². The molecule has 4 aromatic rings. The molecule has 0 aliphatic carbocycles. The maximum absolute atomic E-state index is 12.5. The lowest BCUT2D eigenvalue weighted by molar-refractivity contribution is 0.0918. The van der Waals surface area contributed by atoms with Crippen LogP contribution in [0.15, 0.2) is 61.0 Å². The van der Waals surface area contributed by atoms with Gasteiger partial charge in [0.2, 0.25) is 0 Å². The lowest BCUT2D eigenvalue weighted by atomic mass is 10.1. The molecule has 0 spiro atoms. The number of fused-ring (bicyclic) bond motifs is 2. The summed E-state index contributed by atoms with van der Waals surface area (Å²) >= 11 is 0. The summed E-state index contributed by atoms with van der Waals surface area (Å²) in [4.78, 5) is 25.8. The van der Waals surface area contributed by atoms with Crippen molar-refractivity contribution in [3.05, 3.63) is 64.3 Å². The summed E-state index contributed by atoms with van der Waals surface area (Å²) < 4.78 is 36.7. The highest BCUT2D eigenvalue weighted by Gasteiger charge is 2.21. The second-order valence-corrected chi connectivity index (χ2v) is 7.85. The molecule has 0 fully saturated rings. The maximum Gasteiger partial charge on any atom is 0.419 e. The van der Waals surface area contributed by atoms with E-state index in [0.717, 1.165) is 5.39 Å². The highest BCUT2D eigenvalue weighted by atomic mass is 32.2. The van der Waals surface area contributed by atoms with Gasteiger partial charge in [-0.25, -0.2) is 13.2 Å². The van der Waals surface area contributed by atoms with E-state index >= 15 is 0 Å². The molecular weight excluding hydrogens is 386 g/mol. The summed E-state index contributed by atoms with van der Waals surface area (Å²) in [7, 11) is -2.59. The molecule has 4 rings (SSSR count). The number of nitrogens with zero attached hydrogens (tertiary/aromatic N) is 1. The van der Waals surface area contributed by atoms with Crippen LogP contribution in [-0.2, 0) is 17.1 Å². The molecule has 0 saturated heterocycles. The molecule has 0 unspecified atom stereocenters. The van der Waals surface area contributed by atoms with Crippen LogP contribution in [0.5, 0.6) is 0 Å². The molecule has 0 aliphatic rings. The Bertz CT molecular complexity index is 1390. The Balaban J connectivity index is 1.58. The highest BCUT2D eigenvalue weighted by Crippen LogP contribution is 2.24. The number of hydrogen-bond acceptors (Lipinski definition) is 6. The summed E-state index contributed by atoms with van der Waals surface area (Å²) in [6, 6.07) is 11.1. The number of amides is 1. The normalized spacial score (nSPS) is 11.9. The lowest BCUT2D eigenvalue weighted by Crippen LogP contribution is -2.41. The number of carbonyl (C=O) groups is 1. The highest BCUT2D eigenvalue weighted by molar-refractivity contribution is 7.89. The number of carbonyl (C=O) groups excluding carboxylic acids is 1. The second kappa shape index (κ2) is 6.36. The predicted octanol–water partition coefficient (Wildman–Crippen LogP) is 1.81. The number of aryl methyl sites for hydroxylation is 2. The van der Waals surface area contributed by atoms with Crippen molar-refractivity contribution in [1.82, 2.24) is 14.8 Å². The van der Waals surface area contributed by atoms with E-state index in [-0.39, 0.29) is 16.2 Å². The summed E-state index contributed by atoms with van der Waals surface area (Å²) in [5.41, 5.74) is 3.83. The quantitative estimate of drug-likeness (QED) is 0.503. The zero-order chi connectivity index (χ0) is 20.1. The van der Waals surface area contributed by atoms with Crippen molar-refractivity contribution < 1.29 is 22.0 Å².